The van der Waals surface area contributed by atoms with Crippen LogP contribution in [0.25, 0.3) is 0 Å². The van der Waals surface area contributed by atoms with Crippen LogP contribution < -0.4 is 9.64 Å². The number of rotatable bonds is 7. The first kappa shape index (κ1) is 24.4. The van der Waals surface area contributed by atoms with Gasteiger partial charge < -0.3 is 14.2 Å². The zero-order valence-electron chi connectivity index (χ0n) is 18.5. The van der Waals surface area contributed by atoms with Crippen LogP contribution in [0.15, 0.2) is 54.6 Å². The first-order valence-electron chi connectivity index (χ1n) is 9.98. The molecule has 0 N–H and O–H groups in total. The molecule has 0 unspecified atom stereocenters. The highest BCUT2D eigenvalue weighted by Gasteiger charge is 2.35. The van der Waals surface area contributed by atoms with Crippen molar-refractivity contribution in [3.05, 3.63) is 75.2 Å². The van der Waals surface area contributed by atoms with E-state index in [4.69, 9.17) is 9.47 Å². The van der Waals surface area contributed by atoms with E-state index in [1.807, 2.05) is 6.07 Å². The third kappa shape index (κ3) is 5.21. The summed E-state index contributed by atoms with van der Waals surface area (Å²) in [5, 5.41) is 11.2. The predicted molar refractivity (Wildman–Crippen MR) is 124 cm³/mol. The number of carbonyl (C=O) groups is 3. The molecule has 0 atom stereocenters. The number of aryl methyl sites for hydroxylation is 1. The minimum Gasteiger partial charge on any atom is -0.465 e. The molecule has 1 amide bonds. The molecule has 0 aliphatic carbocycles. The largest absolute Gasteiger partial charge is 0.465 e. The van der Waals surface area contributed by atoms with Gasteiger partial charge in [0.25, 0.3) is 0 Å². The maximum absolute atomic E-state index is 13.1. The number of hydrogen-bond donors (Lipinski definition) is 0. The van der Waals surface area contributed by atoms with Crippen LogP contribution in [0.4, 0.5) is 16.4 Å². The first-order valence-corrected chi connectivity index (χ1v) is 10.8. The van der Waals surface area contributed by atoms with Gasteiger partial charge in [-0.3, -0.25) is 19.8 Å². The number of amides is 1. The number of hydrogen-bond acceptors (Lipinski definition) is 9. The van der Waals surface area contributed by atoms with Gasteiger partial charge in [-0.15, -0.1) is 0 Å². The van der Waals surface area contributed by atoms with Crippen molar-refractivity contribution in [2.45, 2.75) is 13.8 Å². The Morgan fingerprint density at radius 3 is 2.41 bits per heavy atom. The fraction of sp³-hybridized carbons (Fsp3) is 0.174. The monoisotopic (exact) mass is 484 g/mol. The number of esters is 2. The van der Waals surface area contributed by atoms with E-state index < -0.39 is 27.8 Å². The van der Waals surface area contributed by atoms with Gasteiger partial charge in [0.15, 0.2) is 0 Å². The van der Waals surface area contributed by atoms with Crippen molar-refractivity contribution in [1.82, 2.24) is 0 Å². The molecule has 3 rings (SSSR count). The van der Waals surface area contributed by atoms with Gasteiger partial charge in [0.1, 0.15) is 22.1 Å². The normalized spacial score (nSPS) is 10.3. The molecule has 3 aromatic rings. The third-order valence-corrected chi connectivity index (χ3v) is 5.60. The Morgan fingerprint density at radius 1 is 1.09 bits per heavy atom. The number of thiophene rings is 1. The number of methoxy groups -OCH3 is 1. The van der Waals surface area contributed by atoms with Crippen molar-refractivity contribution < 1.29 is 33.5 Å². The minimum atomic E-state index is -1.21. The van der Waals surface area contributed by atoms with E-state index in [9.17, 15) is 24.5 Å². The molecule has 0 fully saturated rings. The van der Waals surface area contributed by atoms with Crippen LogP contribution in [-0.2, 0) is 19.1 Å². The van der Waals surface area contributed by atoms with Gasteiger partial charge in [-0.2, -0.15) is 0 Å². The Hall–Kier alpha value is -4.25. The fourth-order valence-electron chi connectivity index (χ4n) is 2.97. The van der Waals surface area contributed by atoms with Crippen molar-refractivity contribution in [3.63, 3.8) is 0 Å². The summed E-state index contributed by atoms with van der Waals surface area (Å²) in [7, 11) is 1.13. The van der Waals surface area contributed by atoms with Crippen LogP contribution in [0.1, 0.15) is 22.2 Å². The summed E-state index contributed by atoms with van der Waals surface area (Å²) in [6.45, 7) is 3.23. The van der Waals surface area contributed by atoms with Gasteiger partial charge in [0.05, 0.1) is 24.3 Å². The second kappa shape index (κ2) is 10.6. The van der Waals surface area contributed by atoms with Crippen LogP contribution in [0.5, 0.6) is 11.5 Å². The summed E-state index contributed by atoms with van der Waals surface area (Å²) in [6.07, 6.45) is 0. The predicted octanol–water partition coefficient (Wildman–Crippen LogP) is 4.77. The molecule has 0 spiro atoms. The molecular weight excluding hydrogens is 464 g/mol. The molecule has 11 heteroatoms. The molecule has 10 nitrogen and oxygen atoms in total. The molecule has 0 aliphatic heterocycles. The van der Waals surface area contributed by atoms with Crippen molar-refractivity contribution in [2.24, 2.45) is 0 Å². The molecule has 0 saturated heterocycles. The smallest absolute Gasteiger partial charge is 0.397 e. The van der Waals surface area contributed by atoms with Crippen molar-refractivity contribution in [2.75, 3.05) is 18.6 Å². The molecule has 1 heterocycles. The van der Waals surface area contributed by atoms with Gasteiger partial charge in [-0.1, -0.05) is 35.6 Å². The highest BCUT2D eigenvalue weighted by Crippen LogP contribution is 2.42. The molecule has 176 valence electrons. The topological polar surface area (TPSA) is 125 Å². The lowest BCUT2D eigenvalue weighted by molar-refractivity contribution is -0.379. The van der Waals surface area contributed by atoms with Crippen LogP contribution in [0.3, 0.4) is 0 Å². The minimum absolute atomic E-state index is 0.0756. The molecule has 1 aromatic heterocycles. The van der Waals surface area contributed by atoms with E-state index in [2.05, 4.69) is 4.74 Å². The highest BCUT2D eigenvalue weighted by atomic mass is 32.1. The summed E-state index contributed by atoms with van der Waals surface area (Å²) in [5.74, 6) is -2.32. The van der Waals surface area contributed by atoms with Crippen LogP contribution >= 0.6 is 11.3 Å². The molecule has 0 saturated carbocycles. The third-order valence-electron chi connectivity index (χ3n) is 4.54. The van der Waals surface area contributed by atoms with Gasteiger partial charge >= 0.3 is 22.8 Å². The maximum atomic E-state index is 13.1. The van der Waals surface area contributed by atoms with E-state index in [0.717, 1.165) is 18.1 Å². The Labute approximate surface area is 198 Å². The van der Waals surface area contributed by atoms with E-state index >= 15 is 0 Å². The quantitative estimate of drug-likeness (QED) is 0.203. The number of anilines is 2. The molecule has 34 heavy (non-hydrogen) atoms. The average molecular weight is 484 g/mol. The number of nitro groups is 1. The number of carbonyl (C=O) groups excluding carboxylic acids is 3. The second-order valence-corrected chi connectivity index (χ2v) is 7.81. The number of benzene rings is 2. The van der Waals surface area contributed by atoms with Crippen molar-refractivity contribution >= 4 is 45.6 Å². The standard InChI is InChI=1S/C23H20N2O8S/c1-4-32-23(28)20(26)24(17-13-19(22(27)31-3)34-21(17)25(29)30)15-11-10-14(2)18(12-15)33-16-8-6-5-7-9-16/h5-13H,4H2,1-3H3. The Kier molecular flexibility index (Phi) is 7.59. The summed E-state index contributed by atoms with van der Waals surface area (Å²) >= 11 is 0.525. The SMILES string of the molecule is CCOC(=O)C(=O)N(c1ccc(C)c(Oc2ccccc2)c1)c1cc(C(=O)OC)sc1[N+](=O)[O-]. The molecule has 0 aliphatic rings. The Balaban J connectivity index is 2.17. The summed E-state index contributed by atoms with van der Waals surface area (Å²) < 4.78 is 15.4. The van der Waals surface area contributed by atoms with Crippen molar-refractivity contribution in [1.29, 1.82) is 0 Å². The first-order chi connectivity index (χ1) is 16.3. The molecule has 0 radical (unpaired) electrons. The fourth-order valence-corrected chi connectivity index (χ4v) is 3.84. The van der Waals surface area contributed by atoms with Gasteiger partial charge in [0, 0.05) is 6.07 Å². The van der Waals surface area contributed by atoms with E-state index in [0.29, 0.717) is 28.4 Å². The number of para-hydroxylation sites is 1. The Morgan fingerprint density at radius 2 is 1.79 bits per heavy atom. The zero-order valence-corrected chi connectivity index (χ0v) is 19.3. The Bertz CT molecular complexity index is 1240. The van der Waals surface area contributed by atoms with Crippen LogP contribution in [0, 0.1) is 17.0 Å². The van der Waals surface area contributed by atoms with Crippen LogP contribution in [-0.4, -0.2) is 36.5 Å². The van der Waals surface area contributed by atoms with E-state index in [-0.39, 0.29) is 22.9 Å². The molecule has 0 bridgehead atoms. The van der Waals surface area contributed by atoms with Gasteiger partial charge in [-0.05, 0) is 43.7 Å². The second-order valence-electron chi connectivity index (χ2n) is 6.78. The zero-order chi connectivity index (χ0) is 24.8. The van der Waals surface area contributed by atoms with E-state index in [1.165, 1.54) is 19.1 Å². The lowest BCUT2D eigenvalue weighted by atomic mass is 10.1. The number of ether oxygens (including phenoxy) is 3. The summed E-state index contributed by atoms with van der Waals surface area (Å²) in [6, 6.07) is 14.6. The van der Waals surface area contributed by atoms with Gasteiger partial charge in [0.2, 0.25) is 0 Å². The molecular formula is C23H20N2O8S. The lowest BCUT2D eigenvalue weighted by Gasteiger charge is -2.21. The highest BCUT2D eigenvalue weighted by molar-refractivity contribution is 7.17. The molecule has 2 aromatic carbocycles. The maximum Gasteiger partial charge on any atom is 0.397 e. The average Bonchev–Trinajstić information content (AvgIpc) is 3.27. The summed E-state index contributed by atoms with van der Waals surface area (Å²) in [5.41, 5.74) is 0.543. The number of nitrogens with zero attached hydrogens (tertiary/aromatic N) is 2. The van der Waals surface area contributed by atoms with Crippen LogP contribution in [0.2, 0.25) is 0 Å². The van der Waals surface area contributed by atoms with Crippen molar-refractivity contribution in [3.8, 4) is 11.5 Å². The van der Waals surface area contributed by atoms with Gasteiger partial charge in [-0.25, -0.2) is 9.59 Å². The summed E-state index contributed by atoms with van der Waals surface area (Å²) in [4.78, 5) is 49.2. The lowest BCUT2D eigenvalue weighted by Crippen LogP contribution is -2.34. The van der Waals surface area contributed by atoms with E-state index in [1.54, 1.807) is 37.3 Å².